The van der Waals surface area contributed by atoms with E-state index in [0.717, 1.165) is 19.3 Å². The lowest BCUT2D eigenvalue weighted by molar-refractivity contribution is -0.184. The fourth-order valence-corrected chi connectivity index (χ4v) is 6.32. The summed E-state index contributed by atoms with van der Waals surface area (Å²) in [6.45, 7) is 0. The van der Waals surface area contributed by atoms with E-state index in [1.165, 1.54) is 0 Å². The first kappa shape index (κ1) is 13.8. The first-order valence-electron chi connectivity index (χ1n) is 6.44. The highest BCUT2D eigenvalue weighted by Gasteiger charge is 2.74. The van der Waals surface area contributed by atoms with Crippen LogP contribution in [0.15, 0.2) is 0 Å². The van der Waals surface area contributed by atoms with Gasteiger partial charge in [-0.3, -0.25) is 14.4 Å². The molecule has 0 saturated heterocycles. The van der Waals surface area contributed by atoms with Crippen LogP contribution in [-0.2, 0) is 14.4 Å². The van der Waals surface area contributed by atoms with Crippen molar-refractivity contribution in [2.24, 2.45) is 28.6 Å². The standard InChI is InChI=1S/C13H13Cl3O3/c14-9(17)12-4-6-1-7(5-12)3-8(2-6)13(12,10(15)18)11(16)19/h6-8H,1-5H2. The maximum absolute atomic E-state index is 12.1. The van der Waals surface area contributed by atoms with Crippen LogP contribution in [0, 0.1) is 28.6 Å². The number of rotatable bonds is 3. The van der Waals surface area contributed by atoms with Crippen LogP contribution in [0.5, 0.6) is 0 Å². The molecule has 0 aromatic carbocycles. The highest BCUT2D eigenvalue weighted by atomic mass is 35.5. The summed E-state index contributed by atoms with van der Waals surface area (Å²) >= 11 is 17.3. The van der Waals surface area contributed by atoms with Gasteiger partial charge in [0, 0.05) is 0 Å². The average molecular weight is 324 g/mol. The monoisotopic (exact) mass is 322 g/mol. The van der Waals surface area contributed by atoms with E-state index in [-0.39, 0.29) is 5.92 Å². The molecular weight excluding hydrogens is 310 g/mol. The summed E-state index contributed by atoms with van der Waals surface area (Å²) in [5.74, 6) is 0.456. The highest BCUT2D eigenvalue weighted by molar-refractivity contribution is 6.76. The van der Waals surface area contributed by atoms with E-state index >= 15 is 0 Å². The smallest absolute Gasteiger partial charge is 0.237 e. The van der Waals surface area contributed by atoms with Crippen molar-refractivity contribution in [1.82, 2.24) is 0 Å². The first-order chi connectivity index (χ1) is 8.84. The Kier molecular flexibility index (Phi) is 3.05. The second-order valence-corrected chi connectivity index (χ2v) is 7.29. The highest BCUT2D eigenvalue weighted by Crippen LogP contribution is 2.70. The Morgan fingerprint density at radius 1 is 0.789 bits per heavy atom. The Labute approximate surface area is 125 Å². The van der Waals surface area contributed by atoms with E-state index in [2.05, 4.69) is 0 Å². The lowest BCUT2D eigenvalue weighted by atomic mass is 9.39. The lowest BCUT2D eigenvalue weighted by Gasteiger charge is -2.63. The molecule has 0 amide bonds. The van der Waals surface area contributed by atoms with E-state index in [9.17, 15) is 14.4 Å². The molecule has 4 fully saturated rings. The molecule has 0 radical (unpaired) electrons. The zero-order valence-electron chi connectivity index (χ0n) is 10.1. The molecule has 2 unspecified atom stereocenters. The summed E-state index contributed by atoms with van der Waals surface area (Å²) in [6.07, 6.45) is 3.43. The SMILES string of the molecule is O=C(Cl)C12CC3CC(CC(C3)C1(C(=O)Cl)C(=O)Cl)C2. The summed E-state index contributed by atoms with van der Waals surface area (Å²) < 4.78 is 0. The fraction of sp³-hybridized carbons (Fsp3) is 0.769. The number of hydrogen-bond acceptors (Lipinski definition) is 3. The largest absolute Gasteiger partial charge is 0.281 e. The van der Waals surface area contributed by atoms with Gasteiger partial charge in [0.1, 0.15) is 5.41 Å². The van der Waals surface area contributed by atoms with Crippen molar-refractivity contribution >= 4 is 50.5 Å². The predicted octanol–water partition coefficient (Wildman–Crippen LogP) is 3.10. The zero-order chi connectivity index (χ0) is 14.0. The minimum atomic E-state index is -1.61. The van der Waals surface area contributed by atoms with E-state index in [1.54, 1.807) is 0 Å². The second-order valence-electron chi connectivity index (χ2n) is 6.26. The van der Waals surface area contributed by atoms with Crippen LogP contribution in [0.4, 0.5) is 0 Å². The van der Waals surface area contributed by atoms with Gasteiger partial charge in [-0.05, 0) is 84.7 Å². The normalized spacial score (nSPS) is 42.2. The molecule has 4 saturated carbocycles. The van der Waals surface area contributed by atoms with Gasteiger partial charge in [0.05, 0.1) is 5.41 Å². The summed E-state index contributed by atoms with van der Waals surface area (Å²) in [6, 6.07) is 0. The minimum absolute atomic E-state index is 0.239. The van der Waals surface area contributed by atoms with Crippen LogP contribution >= 0.6 is 34.8 Å². The fourth-order valence-electron chi connectivity index (χ4n) is 5.12. The number of hydrogen-bond donors (Lipinski definition) is 0. The molecule has 0 N–H and O–H groups in total. The maximum Gasteiger partial charge on any atom is 0.237 e. The molecule has 4 rings (SSSR count). The van der Waals surface area contributed by atoms with Gasteiger partial charge in [-0.2, -0.15) is 0 Å². The summed E-state index contributed by atoms with van der Waals surface area (Å²) in [7, 11) is 0. The van der Waals surface area contributed by atoms with Crippen LogP contribution in [0.25, 0.3) is 0 Å². The Morgan fingerprint density at radius 2 is 1.26 bits per heavy atom. The number of carbonyl (C=O) groups excluding carboxylic acids is 3. The molecule has 0 spiro atoms. The first-order valence-corrected chi connectivity index (χ1v) is 7.57. The molecule has 4 aliphatic carbocycles. The van der Waals surface area contributed by atoms with E-state index in [1.807, 2.05) is 0 Å². The molecule has 0 aliphatic heterocycles. The number of carbonyl (C=O) groups is 3. The van der Waals surface area contributed by atoms with Crippen LogP contribution in [-0.4, -0.2) is 15.7 Å². The van der Waals surface area contributed by atoms with Crippen LogP contribution in [0.2, 0.25) is 0 Å². The van der Waals surface area contributed by atoms with Gasteiger partial charge >= 0.3 is 0 Å². The van der Waals surface area contributed by atoms with Gasteiger partial charge in [-0.25, -0.2) is 0 Å². The third kappa shape index (κ3) is 1.50. The molecule has 2 atom stereocenters. The Morgan fingerprint density at radius 3 is 1.63 bits per heavy atom. The molecule has 4 bridgehead atoms. The molecule has 6 heteroatoms. The molecule has 0 heterocycles. The lowest BCUT2D eigenvalue weighted by Crippen LogP contribution is -2.67. The van der Waals surface area contributed by atoms with Crippen molar-refractivity contribution < 1.29 is 14.4 Å². The molecule has 3 nitrogen and oxygen atoms in total. The summed E-state index contributed by atoms with van der Waals surface area (Å²) in [5.41, 5.74) is -2.79. The average Bonchev–Trinajstić information content (AvgIpc) is 2.26. The van der Waals surface area contributed by atoms with Gasteiger partial charge in [-0.1, -0.05) is 0 Å². The van der Waals surface area contributed by atoms with Crippen LogP contribution in [0.3, 0.4) is 0 Å². The van der Waals surface area contributed by atoms with Crippen molar-refractivity contribution in [3.05, 3.63) is 0 Å². The Bertz CT molecular complexity index is 460. The topological polar surface area (TPSA) is 51.2 Å². The molecule has 4 aliphatic rings. The van der Waals surface area contributed by atoms with Crippen molar-refractivity contribution in [1.29, 1.82) is 0 Å². The molecule has 0 aromatic heterocycles. The summed E-state index contributed by atoms with van der Waals surface area (Å²) in [4.78, 5) is 36.2. The molecule has 0 aromatic rings. The molecule has 19 heavy (non-hydrogen) atoms. The third-order valence-electron chi connectivity index (χ3n) is 5.54. The quantitative estimate of drug-likeness (QED) is 0.592. The molecular formula is C13H13Cl3O3. The second kappa shape index (κ2) is 4.19. The predicted molar refractivity (Wildman–Crippen MR) is 71.0 cm³/mol. The van der Waals surface area contributed by atoms with E-state index < -0.39 is 26.6 Å². The van der Waals surface area contributed by atoms with Gasteiger partial charge in [0.25, 0.3) is 0 Å². The van der Waals surface area contributed by atoms with Crippen molar-refractivity contribution in [3.63, 3.8) is 0 Å². The third-order valence-corrected chi connectivity index (χ3v) is 6.50. The van der Waals surface area contributed by atoms with Crippen molar-refractivity contribution in [2.45, 2.75) is 32.1 Å². The minimum Gasteiger partial charge on any atom is -0.281 e. The zero-order valence-corrected chi connectivity index (χ0v) is 12.4. The van der Waals surface area contributed by atoms with Gasteiger partial charge in [0.2, 0.25) is 15.7 Å². The molecule has 104 valence electrons. The van der Waals surface area contributed by atoms with Crippen molar-refractivity contribution in [3.8, 4) is 0 Å². The Balaban J connectivity index is 2.23. The Hall–Kier alpha value is -0.120. The maximum atomic E-state index is 12.1. The number of halogens is 3. The van der Waals surface area contributed by atoms with Gasteiger partial charge in [0.15, 0.2) is 0 Å². The van der Waals surface area contributed by atoms with Gasteiger partial charge < -0.3 is 0 Å². The van der Waals surface area contributed by atoms with E-state index in [4.69, 9.17) is 34.8 Å². The van der Waals surface area contributed by atoms with Crippen LogP contribution < -0.4 is 0 Å². The summed E-state index contributed by atoms with van der Waals surface area (Å²) in [5, 5.41) is -2.26. The van der Waals surface area contributed by atoms with E-state index in [0.29, 0.717) is 24.7 Å². The van der Waals surface area contributed by atoms with Crippen molar-refractivity contribution in [2.75, 3.05) is 0 Å². The van der Waals surface area contributed by atoms with Crippen LogP contribution in [0.1, 0.15) is 32.1 Å². The van der Waals surface area contributed by atoms with Gasteiger partial charge in [-0.15, -0.1) is 0 Å².